The predicted molar refractivity (Wildman–Crippen MR) is 88.2 cm³/mol. The number of nitrogens with zero attached hydrogens (tertiary/aromatic N) is 2. The van der Waals surface area contributed by atoms with E-state index in [-0.39, 0.29) is 5.41 Å². The van der Waals surface area contributed by atoms with Gasteiger partial charge in [0, 0.05) is 23.7 Å². The monoisotopic (exact) mass is 293 g/mol. The molecule has 2 rings (SSSR count). The highest BCUT2D eigenvalue weighted by Crippen LogP contribution is 2.38. The average molecular weight is 294 g/mol. The largest absolute Gasteiger partial charge is 0.344 e. The number of halogens is 1. The van der Waals surface area contributed by atoms with Crippen LogP contribution in [-0.4, -0.2) is 37.9 Å². The Labute approximate surface area is 127 Å². The number of amidine groups is 1. The zero-order valence-electron chi connectivity index (χ0n) is 12.8. The number of rotatable bonds is 4. The van der Waals surface area contributed by atoms with E-state index in [4.69, 9.17) is 16.6 Å². The molecular weight excluding hydrogens is 270 g/mol. The van der Waals surface area contributed by atoms with Gasteiger partial charge >= 0.3 is 0 Å². The fraction of sp³-hybridized carbons (Fsp3) is 0.562. The standard InChI is InChI=1S/C16H24ClN3/c1-16(2)11-15(18-8-5-9-20(3)4)19-14-10-12(17)6-7-13(14)16/h6-7,10H,5,8-9,11H2,1-4H3,(H,18,19). The minimum Gasteiger partial charge on any atom is -0.344 e. The zero-order chi connectivity index (χ0) is 14.8. The number of anilines is 1. The van der Waals surface area contributed by atoms with E-state index in [2.05, 4.69) is 44.2 Å². The van der Waals surface area contributed by atoms with Crippen molar-refractivity contribution in [1.82, 2.24) is 4.90 Å². The molecule has 1 aromatic rings. The molecule has 1 heterocycles. The number of fused-ring (bicyclic) bond motifs is 1. The molecule has 0 amide bonds. The van der Waals surface area contributed by atoms with Gasteiger partial charge in [-0.1, -0.05) is 31.5 Å². The minimum absolute atomic E-state index is 0.103. The Morgan fingerprint density at radius 3 is 2.80 bits per heavy atom. The number of aliphatic imine (C=N–C) groups is 1. The zero-order valence-corrected chi connectivity index (χ0v) is 13.6. The lowest BCUT2D eigenvalue weighted by atomic mass is 9.78. The summed E-state index contributed by atoms with van der Waals surface area (Å²) in [4.78, 5) is 6.90. The molecule has 1 aromatic carbocycles. The lowest BCUT2D eigenvalue weighted by Crippen LogP contribution is -2.33. The second-order valence-electron chi connectivity index (χ2n) is 6.36. The van der Waals surface area contributed by atoms with Gasteiger partial charge < -0.3 is 10.2 Å². The van der Waals surface area contributed by atoms with Gasteiger partial charge in [0.15, 0.2) is 0 Å². The molecule has 0 atom stereocenters. The molecule has 110 valence electrons. The molecule has 1 aliphatic heterocycles. The quantitative estimate of drug-likeness (QED) is 0.856. The molecular formula is C16H24ClN3. The lowest BCUT2D eigenvalue weighted by molar-refractivity contribution is 0.403. The van der Waals surface area contributed by atoms with E-state index in [1.165, 1.54) is 5.56 Å². The first-order valence-electron chi connectivity index (χ1n) is 7.13. The highest BCUT2D eigenvalue weighted by atomic mass is 35.5. The van der Waals surface area contributed by atoms with Crippen LogP contribution in [0.25, 0.3) is 0 Å². The summed E-state index contributed by atoms with van der Waals surface area (Å²) in [7, 11) is 4.18. The summed E-state index contributed by atoms with van der Waals surface area (Å²) in [6, 6.07) is 6.07. The second kappa shape index (κ2) is 6.15. The predicted octanol–water partition coefficient (Wildman–Crippen LogP) is 3.78. The molecule has 1 aliphatic rings. The molecule has 4 heteroatoms. The van der Waals surface area contributed by atoms with E-state index >= 15 is 0 Å². The number of hydrogen-bond acceptors (Lipinski definition) is 2. The van der Waals surface area contributed by atoms with E-state index in [9.17, 15) is 0 Å². The molecule has 0 saturated carbocycles. The van der Waals surface area contributed by atoms with Crippen LogP contribution in [0.4, 0.5) is 5.69 Å². The molecule has 0 fully saturated rings. The Bertz CT molecular complexity index is 506. The van der Waals surface area contributed by atoms with Gasteiger partial charge in [-0.2, -0.15) is 0 Å². The van der Waals surface area contributed by atoms with Crippen LogP contribution in [0.2, 0.25) is 5.02 Å². The fourth-order valence-electron chi connectivity index (χ4n) is 2.62. The highest BCUT2D eigenvalue weighted by molar-refractivity contribution is 6.31. The van der Waals surface area contributed by atoms with Crippen molar-refractivity contribution in [2.75, 3.05) is 32.5 Å². The first-order valence-corrected chi connectivity index (χ1v) is 7.51. The normalized spacial score (nSPS) is 19.0. The SMILES string of the molecule is CN(C)CCCN=C1CC(C)(C)c2ccc(Cl)cc2N1. The second-order valence-corrected chi connectivity index (χ2v) is 6.80. The van der Waals surface area contributed by atoms with E-state index < -0.39 is 0 Å². The first kappa shape index (κ1) is 15.3. The van der Waals surface area contributed by atoms with Gasteiger partial charge in [0.05, 0.1) is 0 Å². The smallest absolute Gasteiger partial charge is 0.102 e. The van der Waals surface area contributed by atoms with Crippen molar-refractivity contribution in [2.45, 2.75) is 32.1 Å². The van der Waals surface area contributed by atoms with Crippen LogP contribution < -0.4 is 5.32 Å². The van der Waals surface area contributed by atoms with Gasteiger partial charge in [-0.3, -0.25) is 4.99 Å². The van der Waals surface area contributed by atoms with Crippen molar-refractivity contribution in [1.29, 1.82) is 0 Å². The van der Waals surface area contributed by atoms with Gasteiger partial charge in [0.1, 0.15) is 5.84 Å². The molecule has 3 nitrogen and oxygen atoms in total. The summed E-state index contributed by atoms with van der Waals surface area (Å²) in [5, 5.41) is 4.20. The van der Waals surface area contributed by atoms with Crippen molar-refractivity contribution in [2.24, 2.45) is 4.99 Å². The highest BCUT2D eigenvalue weighted by Gasteiger charge is 2.30. The van der Waals surface area contributed by atoms with Gasteiger partial charge in [-0.15, -0.1) is 0 Å². The maximum absolute atomic E-state index is 6.09. The Morgan fingerprint density at radius 2 is 2.10 bits per heavy atom. The van der Waals surface area contributed by atoms with Crippen LogP contribution in [0, 0.1) is 0 Å². The van der Waals surface area contributed by atoms with Crippen LogP contribution in [0.15, 0.2) is 23.2 Å². The Balaban J connectivity index is 2.11. The fourth-order valence-corrected chi connectivity index (χ4v) is 2.79. The topological polar surface area (TPSA) is 27.6 Å². The van der Waals surface area contributed by atoms with E-state index in [0.29, 0.717) is 0 Å². The summed E-state index contributed by atoms with van der Waals surface area (Å²) in [5.41, 5.74) is 2.51. The third kappa shape index (κ3) is 3.74. The third-order valence-electron chi connectivity index (χ3n) is 3.67. The molecule has 0 aromatic heterocycles. The van der Waals surface area contributed by atoms with Crippen LogP contribution in [-0.2, 0) is 5.41 Å². The maximum atomic E-state index is 6.09. The maximum Gasteiger partial charge on any atom is 0.102 e. The van der Waals surface area contributed by atoms with Gasteiger partial charge in [0.2, 0.25) is 0 Å². The van der Waals surface area contributed by atoms with Gasteiger partial charge in [-0.25, -0.2) is 0 Å². The van der Waals surface area contributed by atoms with Crippen molar-refractivity contribution in [3.8, 4) is 0 Å². The Morgan fingerprint density at radius 1 is 1.35 bits per heavy atom. The first-order chi connectivity index (χ1) is 9.38. The molecule has 0 saturated heterocycles. The Kier molecular flexibility index (Phi) is 4.71. The molecule has 0 spiro atoms. The van der Waals surface area contributed by atoms with Crippen molar-refractivity contribution >= 4 is 23.1 Å². The van der Waals surface area contributed by atoms with E-state index in [1.54, 1.807) is 0 Å². The van der Waals surface area contributed by atoms with Gasteiger partial charge in [0.25, 0.3) is 0 Å². The summed E-state index contributed by atoms with van der Waals surface area (Å²) in [6.45, 7) is 6.46. The summed E-state index contributed by atoms with van der Waals surface area (Å²) >= 11 is 6.09. The summed E-state index contributed by atoms with van der Waals surface area (Å²) < 4.78 is 0. The van der Waals surface area contributed by atoms with Crippen molar-refractivity contribution < 1.29 is 0 Å². The third-order valence-corrected chi connectivity index (χ3v) is 3.90. The minimum atomic E-state index is 0.103. The van der Waals surface area contributed by atoms with E-state index in [0.717, 1.165) is 42.5 Å². The molecule has 1 N–H and O–H groups in total. The van der Waals surface area contributed by atoms with Crippen LogP contribution in [0.1, 0.15) is 32.3 Å². The number of benzene rings is 1. The Hall–Kier alpha value is -1.06. The number of hydrogen-bond donors (Lipinski definition) is 1. The molecule has 0 aliphatic carbocycles. The van der Waals surface area contributed by atoms with E-state index in [1.807, 2.05) is 12.1 Å². The molecule has 0 bridgehead atoms. The lowest BCUT2D eigenvalue weighted by Gasteiger charge is -2.34. The number of nitrogens with one attached hydrogen (secondary N) is 1. The van der Waals surface area contributed by atoms with Crippen molar-refractivity contribution in [3.63, 3.8) is 0 Å². The molecule has 0 unspecified atom stereocenters. The van der Waals surface area contributed by atoms with Gasteiger partial charge in [-0.05, 0) is 50.2 Å². The van der Waals surface area contributed by atoms with Crippen LogP contribution in [0.3, 0.4) is 0 Å². The average Bonchev–Trinajstić information content (AvgIpc) is 2.33. The summed E-state index contributed by atoms with van der Waals surface area (Å²) in [5.74, 6) is 1.07. The van der Waals surface area contributed by atoms with Crippen molar-refractivity contribution in [3.05, 3.63) is 28.8 Å². The van der Waals surface area contributed by atoms with Crippen LogP contribution in [0.5, 0.6) is 0 Å². The molecule has 0 radical (unpaired) electrons. The van der Waals surface area contributed by atoms with Crippen LogP contribution >= 0.6 is 11.6 Å². The molecule has 20 heavy (non-hydrogen) atoms. The summed E-state index contributed by atoms with van der Waals surface area (Å²) in [6.07, 6.45) is 2.03.